The standard InChI is InChI=1S/C35H31Cl2N3O6S2/c36-28-14-18-31(19-15-28)39(47(43)44)20-3-4-21-40(34-9-2-1-8-32(34)35(41)42)48(45,46)24-26-7-5-6-25(22-26)10-16-30-17-12-27-11-13-29(37)23-33(27)38-30/h1-2,5-19,22-23,47H,3-4,20-21,24H2,(H,41,42). The van der Waals surface area contributed by atoms with Gasteiger partial charge in [0.25, 0.3) is 0 Å². The van der Waals surface area contributed by atoms with Crippen molar-refractivity contribution in [2.75, 3.05) is 21.7 Å². The van der Waals surface area contributed by atoms with Gasteiger partial charge in [-0.3, -0.25) is 8.61 Å². The Morgan fingerprint density at radius 3 is 2.27 bits per heavy atom. The molecule has 5 rings (SSSR count). The fourth-order valence-corrected chi connectivity index (χ4v) is 7.71. The van der Waals surface area contributed by atoms with Crippen molar-refractivity contribution in [2.45, 2.75) is 18.6 Å². The summed E-state index contributed by atoms with van der Waals surface area (Å²) in [5.41, 5.74) is 3.03. The maximum Gasteiger partial charge on any atom is 0.337 e. The maximum absolute atomic E-state index is 14.0. The summed E-state index contributed by atoms with van der Waals surface area (Å²) in [4.78, 5) is 16.7. The number of anilines is 2. The van der Waals surface area contributed by atoms with Crippen LogP contribution in [0.3, 0.4) is 0 Å². The number of benzene rings is 4. The molecular weight excluding hydrogens is 693 g/mol. The van der Waals surface area contributed by atoms with Crippen molar-refractivity contribution in [3.63, 3.8) is 0 Å². The highest BCUT2D eigenvalue weighted by atomic mass is 35.5. The van der Waals surface area contributed by atoms with Crippen molar-refractivity contribution in [3.05, 3.63) is 136 Å². The van der Waals surface area contributed by atoms with Gasteiger partial charge in [0.05, 0.1) is 33.9 Å². The molecular formula is C35H31Cl2N3O6S2. The minimum atomic E-state index is -4.10. The predicted octanol–water partition coefficient (Wildman–Crippen LogP) is 7.56. The molecule has 48 heavy (non-hydrogen) atoms. The van der Waals surface area contributed by atoms with E-state index in [0.717, 1.165) is 20.8 Å². The number of carbonyl (C=O) groups is 1. The van der Waals surface area contributed by atoms with E-state index in [1.54, 1.807) is 60.7 Å². The third kappa shape index (κ3) is 8.93. The van der Waals surface area contributed by atoms with Crippen LogP contribution in [0.25, 0.3) is 23.1 Å². The molecule has 9 nitrogen and oxygen atoms in total. The Labute approximate surface area is 290 Å². The first kappa shape index (κ1) is 34.9. The van der Waals surface area contributed by atoms with Crippen molar-refractivity contribution < 1.29 is 26.7 Å². The van der Waals surface area contributed by atoms with Crippen LogP contribution in [0.5, 0.6) is 0 Å². The third-order valence-corrected chi connectivity index (χ3v) is 10.5. The number of rotatable bonds is 14. The summed E-state index contributed by atoms with van der Waals surface area (Å²) in [5.74, 6) is -1.65. The molecule has 1 aromatic heterocycles. The lowest BCUT2D eigenvalue weighted by atomic mass is 10.1. The Hall–Kier alpha value is -4.42. The number of pyridine rings is 1. The normalized spacial score (nSPS) is 11.7. The Bertz CT molecular complexity index is 2150. The zero-order chi connectivity index (χ0) is 34.3. The fourth-order valence-electron chi connectivity index (χ4n) is 5.17. The highest BCUT2D eigenvalue weighted by Crippen LogP contribution is 2.27. The number of para-hydroxylation sites is 1. The number of hydrogen-bond acceptors (Lipinski definition) is 6. The van der Waals surface area contributed by atoms with Gasteiger partial charge in [0.2, 0.25) is 20.9 Å². The van der Waals surface area contributed by atoms with Gasteiger partial charge >= 0.3 is 5.97 Å². The van der Waals surface area contributed by atoms with Gasteiger partial charge in [-0.1, -0.05) is 77.8 Å². The summed E-state index contributed by atoms with van der Waals surface area (Å²) >= 11 is 12.1. The number of sulfonamides is 1. The smallest absolute Gasteiger partial charge is 0.337 e. The maximum atomic E-state index is 14.0. The van der Waals surface area contributed by atoms with Crippen LogP contribution in [-0.2, 0) is 26.7 Å². The molecule has 1 heterocycles. The van der Waals surface area contributed by atoms with Gasteiger partial charge in [-0.05, 0) is 84.6 Å². The topological polar surface area (TPSA) is 125 Å². The Morgan fingerprint density at radius 2 is 1.52 bits per heavy atom. The molecule has 0 amide bonds. The van der Waals surface area contributed by atoms with E-state index in [0.29, 0.717) is 33.4 Å². The second kappa shape index (κ2) is 15.7. The van der Waals surface area contributed by atoms with Gasteiger partial charge in [-0.25, -0.2) is 26.6 Å². The van der Waals surface area contributed by atoms with Crippen molar-refractivity contribution in [2.24, 2.45) is 0 Å². The van der Waals surface area contributed by atoms with E-state index in [1.165, 1.54) is 22.5 Å². The summed E-state index contributed by atoms with van der Waals surface area (Å²) in [7, 11) is -7.06. The van der Waals surface area contributed by atoms with Crippen LogP contribution in [0.2, 0.25) is 10.0 Å². The van der Waals surface area contributed by atoms with Crippen LogP contribution in [0.15, 0.2) is 103 Å². The van der Waals surface area contributed by atoms with Crippen LogP contribution in [0, 0.1) is 0 Å². The Kier molecular flexibility index (Phi) is 11.4. The summed E-state index contributed by atoms with van der Waals surface area (Å²) < 4.78 is 54.2. The molecule has 0 bridgehead atoms. The molecule has 0 aliphatic rings. The first-order valence-corrected chi connectivity index (χ1v) is 18.3. The highest BCUT2D eigenvalue weighted by molar-refractivity contribution is 7.92. The molecule has 0 radical (unpaired) electrons. The zero-order valence-corrected chi connectivity index (χ0v) is 28.7. The van der Waals surface area contributed by atoms with Crippen LogP contribution in [-0.4, -0.2) is 46.0 Å². The fraction of sp³-hybridized carbons (Fsp3) is 0.143. The molecule has 13 heteroatoms. The number of thiol groups is 1. The largest absolute Gasteiger partial charge is 0.478 e. The summed E-state index contributed by atoms with van der Waals surface area (Å²) in [6.45, 7) is 0.0379. The molecule has 0 aliphatic heterocycles. The van der Waals surface area contributed by atoms with Crippen LogP contribution in [0.4, 0.5) is 11.4 Å². The second-order valence-corrected chi connectivity index (χ2v) is 14.6. The van der Waals surface area contributed by atoms with E-state index in [1.807, 2.05) is 36.4 Å². The summed E-state index contributed by atoms with van der Waals surface area (Å²) in [6.07, 6.45) is 4.22. The number of unbranched alkanes of at least 4 members (excludes halogenated alkanes) is 1. The van der Waals surface area contributed by atoms with Crippen molar-refractivity contribution in [1.29, 1.82) is 0 Å². The van der Waals surface area contributed by atoms with E-state index in [-0.39, 0.29) is 30.8 Å². The molecule has 0 aliphatic carbocycles. The average molecular weight is 725 g/mol. The number of carboxylic acid groups (broad SMARTS) is 1. The molecule has 0 saturated carbocycles. The van der Waals surface area contributed by atoms with E-state index in [2.05, 4.69) is 4.98 Å². The van der Waals surface area contributed by atoms with Crippen LogP contribution >= 0.6 is 23.2 Å². The second-order valence-electron chi connectivity index (χ2n) is 10.8. The molecule has 0 unspecified atom stereocenters. The highest BCUT2D eigenvalue weighted by Gasteiger charge is 2.27. The van der Waals surface area contributed by atoms with Gasteiger partial charge in [0.1, 0.15) is 0 Å². The minimum absolute atomic E-state index is 0.0352. The van der Waals surface area contributed by atoms with Gasteiger partial charge in [0.15, 0.2) is 0 Å². The van der Waals surface area contributed by atoms with Crippen molar-refractivity contribution in [1.82, 2.24) is 4.98 Å². The number of nitrogens with zero attached hydrogens (tertiary/aromatic N) is 3. The molecule has 5 aromatic rings. The van der Waals surface area contributed by atoms with Gasteiger partial charge < -0.3 is 5.11 Å². The van der Waals surface area contributed by atoms with E-state index >= 15 is 0 Å². The number of aromatic carboxylic acids is 1. The first-order chi connectivity index (χ1) is 23.0. The number of fused-ring (bicyclic) bond motifs is 1. The zero-order valence-electron chi connectivity index (χ0n) is 25.4. The Morgan fingerprint density at radius 1 is 0.812 bits per heavy atom. The average Bonchev–Trinajstić information content (AvgIpc) is 3.05. The third-order valence-electron chi connectivity index (χ3n) is 7.46. The predicted molar refractivity (Wildman–Crippen MR) is 194 cm³/mol. The molecule has 0 saturated heterocycles. The lowest BCUT2D eigenvalue weighted by molar-refractivity contribution is 0.0697. The van der Waals surface area contributed by atoms with Crippen LogP contribution in [0.1, 0.15) is 40.0 Å². The van der Waals surface area contributed by atoms with Crippen molar-refractivity contribution in [3.8, 4) is 0 Å². The summed E-state index contributed by atoms with van der Waals surface area (Å²) in [5, 5.41) is 11.9. The van der Waals surface area contributed by atoms with Crippen LogP contribution < -0.4 is 8.61 Å². The number of hydrogen-bond donors (Lipinski definition) is 2. The molecule has 4 aromatic carbocycles. The number of carboxylic acids is 1. The Balaban J connectivity index is 1.35. The molecule has 0 spiro atoms. The van der Waals surface area contributed by atoms with E-state index in [4.69, 9.17) is 23.2 Å². The molecule has 1 N–H and O–H groups in total. The monoisotopic (exact) mass is 723 g/mol. The molecule has 0 fully saturated rings. The lowest BCUT2D eigenvalue weighted by Crippen LogP contribution is -2.35. The van der Waals surface area contributed by atoms with E-state index in [9.17, 15) is 26.7 Å². The van der Waals surface area contributed by atoms with Gasteiger partial charge in [0, 0.05) is 28.5 Å². The minimum Gasteiger partial charge on any atom is -0.478 e. The van der Waals surface area contributed by atoms with E-state index < -0.39 is 32.6 Å². The molecule has 0 atom stereocenters. The quantitative estimate of drug-likeness (QED) is 0.0895. The number of halogens is 2. The lowest BCUT2D eigenvalue weighted by Gasteiger charge is -2.26. The first-order valence-electron chi connectivity index (χ1n) is 14.8. The SMILES string of the molecule is O=C(O)c1ccccc1N(CCCCN(c1ccc(Cl)cc1)[SH](=O)=O)S(=O)(=O)Cc1cccc(C=Cc2ccc3ccc(Cl)cc3n2)c1. The molecule has 248 valence electrons. The summed E-state index contributed by atoms with van der Waals surface area (Å²) in [6, 6.07) is 28.6. The van der Waals surface area contributed by atoms with Gasteiger partial charge in [-0.2, -0.15) is 0 Å². The number of aromatic nitrogens is 1. The van der Waals surface area contributed by atoms with Crippen molar-refractivity contribution >= 4 is 84.5 Å². The van der Waals surface area contributed by atoms with Gasteiger partial charge in [-0.15, -0.1) is 0 Å².